The number of anilines is 1. The van der Waals surface area contributed by atoms with Crippen LogP contribution >= 0.6 is 12.2 Å². The molecule has 0 aromatic heterocycles. The summed E-state index contributed by atoms with van der Waals surface area (Å²) in [5.74, 6) is -0.213. The molecule has 1 saturated heterocycles. The van der Waals surface area contributed by atoms with E-state index in [9.17, 15) is 4.39 Å². The maximum Gasteiger partial charge on any atom is 0.171 e. The zero-order chi connectivity index (χ0) is 19.2. The van der Waals surface area contributed by atoms with Gasteiger partial charge in [0.25, 0.3) is 0 Å². The second kappa shape index (κ2) is 9.26. The number of aryl methyl sites for hydroxylation is 2. The van der Waals surface area contributed by atoms with Crippen LogP contribution in [0.1, 0.15) is 22.7 Å². The number of nitrogens with one attached hydrogen (secondary N) is 3. The lowest BCUT2D eigenvalue weighted by Gasteiger charge is -2.32. The topological polar surface area (TPSA) is 37.7 Å². The van der Waals surface area contributed by atoms with Crippen molar-refractivity contribution in [3.05, 3.63) is 65.0 Å². The molecule has 1 aliphatic rings. The van der Waals surface area contributed by atoms with Crippen molar-refractivity contribution in [2.24, 2.45) is 0 Å². The third-order valence-electron chi connectivity index (χ3n) is 5.01. The van der Waals surface area contributed by atoms with Gasteiger partial charge < -0.3 is 20.3 Å². The molecule has 1 fully saturated rings. The smallest absolute Gasteiger partial charge is 0.171 e. The van der Waals surface area contributed by atoms with Crippen molar-refractivity contribution in [3.8, 4) is 0 Å². The Hall–Kier alpha value is -2.02. The van der Waals surface area contributed by atoms with Crippen LogP contribution in [0.3, 0.4) is 0 Å². The number of halogens is 1. The Balaban J connectivity index is 1.67. The normalized spacial score (nSPS) is 16.0. The Bertz CT molecular complexity index is 775. The zero-order valence-electron chi connectivity index (χ0n) is 15.8. The third kappa shape index (κ3) is 5.48. The van der Waals surface area contributed by atoms with Crippen molar-refractivity contribution in [2.75, 3.05) is 38.2 Å². The minimum atomic E-state index is -0.213. The molecule has 0 bridgehead atoms. The molecule has 144 valence electrons. The van der Waals surface area contributed by atoms with Gasteiger partial charge in [-0.1, -0.05) is 24.3 Å². The molecule has 27 heavy (non-hydrogen) atoms. The summed E-state index contributed by atoms with van der Waals surface area (Å²) in [6.45, 7) is 8.16. The Morgan fingerprint density at radius 3 is 2.56 bits per heavy atom. The number of ether oxygens (including phenoxy) is 1. The van der Waals surface area contributed by atoms with Gasteiger partial charge in [0.1, 0.15) is 24.9 Å². The average Bonchev–Trinajstić information content (AvgIpc) is 2.67. The van der Waals surface area contributed by atoms with Crippen LogP contribution < -0.4 is 15.5 Å². The van der Waals surface area contributed by atoms with Crippen LogP contribution in [0.2, 0.25) is 0 Å². The standard InChI is InChI=1S/C21H26FN3OS/c1-15-3-4-16(2)19(13-15)24-21(27)23-14-20(25-9-11-26-12-10-25)17-5-7-18(22)8-6-17/h3-8,13,20H,9-12,14H2,1-2H3,(H2,23,24,27)/p+1/t20-/m1/s1. The van der Waals surface area contributed by atoms with Gasteiger partial charge >= 0.3 is 0 Å². The first-order chi connectivity index (χ1) is 13.0. The molecule has 1 atom stereocenters. The molecule has 0 radical (unpaired) electrons. The van der Waals surface area contributed by atoms with E-state index >= 15 is 0 Å². The summed E-state index contributed by atoms with van der Waals surface area (Å²) in [6.07, 6.45) is 0. The van der Waals surface area contributed by atoms with Crippen molar-refractivity contribution in [1.82, 2.24) is 5.32 Å². The number of benzene rings is 2. The average molecular weight is 389 g/mol. The van der Waals surface area contributed by atoms with E-state index in [2.05, 4.69) is 42.7 Å². The maximum atomic E-state index is 13.3. The number of hydrogen-bond acceptors (Lipinski definition) is 2. The molecular weight excluding hydrogens is 361 g/mol. The molecule has 3 N–H and O–H groups in total. The van der Waals surface area contributed by atoms with E-state index in [1.54, 1.807) is 0 Å². The zero-order valence-corrected chi connectivity index (χ0v) is 16.7. The minimum absolute atomic E-state index is 0.188. The molecule has 0 amide bonds. The first-order valence-electron chi connectivity index (χ1n) is 9.33. The number of quaternary nitrogens is 1. The predicted octanol–water partition coefficient (Wildman–Crippen LogP) is 2.39. The van der Waals surface area contributed by atoms with Crippen molar-refractivity contribution < 1.29 is 14.0 Å². The second-order valence-corrected chi connectivity index (χ2v) is 7.44. The van der Waals surface area contributed by atoms with E-state index in [-0.39, 0.29) is 11.9 Å². The van der Waals surface area contributed by atoms with Crippen LogP contribution in [0.5, 0.6) is 0 Å². The lowest BCUT2D eigenvalue weighted by Crippen LogP contribution is -3.15. The molecule has 3 rings (SSSR count). The van der Waals surface area contributed by atoms with Gasteiger partial charge in [0.2, 0.25) is 0 Å². The van der Waals surface area contributed by atoms with Crippen LogP contribution in [-0.4, -0.2) is 38.0 Å². The molecule has 0 spiro atoms. The Labute approximate surface area is 165 Å². The van der Waals surface area contributed by atoms with Crippen molar-refractivity contribution in [2.45, 2.75) is 19.9 Å². The highest BCUT2D eigenvalue weighted by molar-refractivity contribution is 7.80. The van der Waals surface area contributed by atoms with E-state index in [0.717, 1.165) is 43.1 Å². The molecule has 2 aromatic carbocycles. The molecule has 0 unspecified atom stereocenters. The molecule has 2 aromatic rings. The van der Waals surface area contributed by atoms with Crippen LogP contribution in [0.25, 0.3) is 0 Å². The summed E-state index contributed by atoms with van der Waals surface area (Å²) in [5.41, 5.74) is 4.46. The van der Waals surface area contributed by atoms with Crippen LogP contribution in [0.15, 0.2) is 42.5 Å². The Morgan fingerprint density at radius 1 is 1.15 bits per heavy atom. The van der Waals surface area contributed by atoms with Crippen LogP contribution in [0.4, 0.5) is 10.1 Å². The highest BCUT2D eigenvalue weighted by Gasteiger charge is 2.26. The molecule has 0 aliphatic carbocycles. The fraction of sp³-hybridized carbons (Fsp3) is 0.381. The Morgan fingerprint density at radius 2 is 1.85 bits per heavy atom. The molecule has 1 aliphatic heterocycles. The van der Waals surface area contributed by atoms with Gasteiger partial charge in [0.15, 0.2) is 5.11 Å². The van der Waals surface area contributed by atoms with Gasteiger partial charge in [-0.25, -0.2) is 4.39 Å². The van der Waals surface area contributed by atoms with E-state index in [1.807, 2.05) is 12.1 Å². The van der Waals surface area contributed by atoms with Crippen molar-refractivity contribution in [1.29, 1.82) is 0 Å². The molecule has 0 saturated carbocycles. The summed E-state index contributed by atoms with van der Waals surface area (Å²) in [7, 11) is 0. The van der Waals surface area contributed by atoms with Crippen LogP contribution in [0, 0.1) is 19.7 Å². The highest BCUT2D eigenvalue weighted by Crippen LogP contribution is 2.16. The second-order valence-electron chi connectivity index (χ2n) is 7.03. The highest BCUT2D eigenvalue weighted by atomic mass is 32.1. The summed E-state index contributed by atoms with van der Waals surface area (Å²) >= 11 is 5.51. The van der Waals surface area contributed by atoms with Gasteiger partial charge in [-0.3, -0.25) is 0 Å². The fourth-order valence-corrected chi connectivity index (χ4v) is 3.60. The number of hydrogen-bond donors (Lipinski definition) is 3. The van der Waals surface area contributed by atoms with Gasteiger partial charge in [0, 0.05) is 11.3 Å². The quantitative estimate of drug-likeness (QED) is 0.688. The molecule has 1 heterocycles. The summed E-state index contributed by atoms with van der Waals surface area (Å²) in [5, 5.41) is 7.25. The fourth-order valence-electron chi connectivity index (χ4n) is 3.41. The number of morpholine rings is 1. The lowest BCUT2D eigenvalue weighted by molar-refractivity contribution is -0.937. The molecular formula is C21H27FN3OS+. The van der Waals surface area contributed by atoms with Gasteiger partial charge in [-0.2, -0.15) is 0 Å². The number of thiocarbonyl (C=S) groups is 1. The first kappa shape index (κ1) is 19.7. The molecule has 6 heteroatoms. The van der Waals surface area contributed by atoms with Gasteiger partial charge in [0.05, 0.1) is 19.8 Å². The monoisotopic (exact) mass is 388 g/mol. The summed E-state index contributed by atoms with van der Waals surface area (Å²) < 4.78 is 18.8. The van der Waals surface area contributed by atoms with E-state index in [0.29, 0.717) is 11.7 Å². The summed E-state index contributed by atoms with van der Waals surface area (Å²) in [4.78, 5) is 1.43. The minimum Gasteiger partial charge on any atom is -0.370 e. The molecule has 4 nitrogen and oxygen atoms in total. The van der Waals surface area contributed by atoms with Crippen LogP contribution in [-0.2, 0) is 4.74 Å². The largest absolute Gasteiger partial charge is 0.370 e. The van der Waals surface area contributed by atoms with E-state index in [4.69, 9.17) is 17.0 Å². The van der Waals surface area contributed by atoms with Gasteiger partial charge in [-0.15, -0.1) is 0 Å². The first-order valence-corrected chi connectivity index (χ1v) is 9.73. The Kier molecular flexibility index (Phi) is 6.77. The summed E-state index contributed by atoms with van der Waals surface area (Å²) in [6, 6.07) is 13.2. The van der Waals surface area contributed by atoms with Crippen molar-refractivity contribution in [3.63, 3.8) is 0 Å². The van der Waals surface area contributed by atoms with Gasteiger partial charge in [-0.05, 0) is 55.4 Å². The lowest BCUT2D eigenvalue weighted by atomic mass is 10.0. The number of rotatable bonds is 5. The van der Waals surface area contributed by atoms with E-state index < -0.39 is 0 Å². The third-order valence-corrected chi connectivity index (χ3v) is 5.25. The SMILES string of the molecule is Cc1ccc(C)c(NC(=S)NC[C@H](c2ccc(F)cc2)[NH+]2CCOCC2)c1. The maximum absolute atomic E-state index is 13.3. The van der Waals surface area contributed by atoms with Crippen molar-refractivity contribution >= 4 is 23.0 Å². The predicted molar refractivity (Wildman–Crippen MR) is 111 cm³/mol. The van der Waals surface area contributed by atoms with E-state index in [1.165, 1.54) is 22.6 Å².